The molecule has 1 N–H and O–H groups in total. The van der Waals surface area contributed by atoms with Crippen LogP contribution in [0.3, 0.4) is 0 Å². The van der Waals surface area contributed by atoms with Crippen LogP contribution in [-0.4, -0.2) is 24.8 Å². The maximum absolute atomic E-state index is 12.1. The van der Waals surface area contributed by atoms with Crippen LogP contribution in [0.15, 0.2) is 53.4 Å². The van der Waals surface area contributed by atoms with Crippen molar-refractivity contribution in [1.29, 1.82) is 0 Å². The van der Waals surface area contributed by atoms with Crippen molar-refractivity contribution in [2.24, 2.45) is 0 Å². The second-order valence-corrected chi connectivity index (χ2v) is 7.31. The Kier molecular flexibility index (Phi) is 7.47. The van der Waals surface area contributed by atoms with E-state index in [1.54, 1.807) is 7.11 Å². The number of nitrogens with one attached hydrogen (secondary N) is 1. The largest absolute Gasteiger partial charge is 0.497 e. The molecular formula is C19H22ClNO2S. The molecule has 0 heterocycles. The predicted octanol–water partition coefficient (Wildman–Crippen LogP) is 4.58. The summed E-state index contributed by atoms with van der Waals surface area (Å²) >= 11 is 7.40. The Bertz CT molecular complexity index is 661. The van der Waals surface area contributed by atoms with Crippen LogP contribution in [0, 0.1) is 0 Å². The number of rotatable bonds is 8. The van der Waals surface area contributed by atoms with Crippen molar-refractivity contribution in [2.75, 3.05) is 13.7 Å². The predicted molar refractivity (Wildman–Crippen MR) is 101 cm³/mol. The van der Waals surface area contributed by atoms with Crippen molar-refractivity contribution in [3.05, 3.63) is 59.1 Å². The molecule has 3 nitrogen and oxygen atoms in total. The van der Waals surface area contributed by atoms with Crippen LogP contribution in [0.5, 0.6) is 5.75 Å². The van der Waals surface area contributed by atoms with E-state index in [0.717, 1.165) is 23.5 Å². The van der Waals surface area contributed by atoms with Gasteiger partial charge in [0.05, 0.1) is 12.4 Å². The van der Waals surface area contributed by atoms with Crippen LogP contribution in [0.25, 0.3) is 0 Å². The maximum atomic E-state index is 12.1. The third-order valence-electron chi connectivity index (χ3n) is 3.57. The molecule has 0 saturated carbocycles. The summed E-state index contributed by atoms with van der Waals surface area (Å²) in [5.74, 6) is 0.921. The first-order valence-electron chi connectivity index (χ1n) is 7.91. The molecule has 1 amide bonds. The third-order valence-corrected chi connectivity index (χ3v) is 4.94. The lowest BCUT2D eigenvalue weighted by Gasteiger charge is -2.12. The molecule has 2 rings (SSSR count). The molecule has 0 fully saturated rings. The van der Waals surface area contributed by atoms with Crippen molar-refractivity contribution >= 4 is 29.3 Å². The molecule has 0 radical (unpaired) electrons. The van der Waals surface area contributed by atoms with Gasteiger partial charge in [0.1, 0.15) is 5.75 Å². The number of hydrogen-bond acceptors (Lipinski definition) is 3. The van der Waals surface area contributed by atoms with Crippen LogP contribution in [0.2, 0.25) is 5.02 Å². The highest BCUT2D eigenvalue weighted by molar-refractivity contribution is 8.00. The van der Waals surface area contributed by atoms with Gasteiger partial charge in [-0.3, -0.25) is 4.79 Å². The summed E-state index contributed by atoms with van der Waals surface area (Å²) < 4.78 is 5.21. The van der Waals surface area contributed by atoms with Crippen molar-refractivity contribution in [3.63, 3.8) is 0 Å². The molecule has 0 spiro atoms. The van der Waals surface area contributed by atoms with Gasteiger partial charge in [-0.1, -0.05) is 23.7 Å². The lowest BCUT2D eigenvalue weighted by atomic mass is 10.1. The summed E-state index contributed by atoms with van der Waals surface area (Å²) in [7, 11) is 1.67. The Morgan fingerprint density at radius 1 is 1.25 bits per heavy atom. The number of amides is 1. The fourth-order valence-electron chi connectivity index (χ4n) is 2.25. The van der Waals surface area contributed by atoms with Crippen LogP contribution < -0.4 is 10.1 Å². The maximum Gasteiger partial charge on any atom is 0.233 e. The average Bonchev–Trinajstić information content (AvgIpc) is 2.60. The van der Waals surface area contributed by atoms with E-state index < -0.39 is 0 Å². The van der Waals surface area contributed by atoms with Gasteiger partial charge in [0.2, 0.25) is 5.91 Å². The fraction of sp³-hybridized carbons (Fsp3) is 0.316. The first-order chi connectivity index (χ1) is 11.6. The molecule has 0 aromatic heterocycles. The number of thioether (sulfide) groups is 1. The quantitative estimate of drug-likeness (QED) is 0.551. The van der Waals surface area contributed by atoms with E-state index in [-0.39, 0.29) is 11.2 Å². The Hall–Kier alpha value is -1.65. The zero-order chi connectivity index (χ0) is 17.4. The van der Waals surface area contributed by atoms with E-state index >= 15 is 0 Å². The van der Waals surface area contributed by atoms with Gasteiger partial charge in [-0.25, -0.2) is 0 Å². The lowest BCUT2D eigenvalue weighted by Crippen LogP contribution is -2.31. The molecule has 0 aliphatic heterocycles. The number of ether oxygens (including phenoxy) is 1. The number of carbonyl (C=O) groups is 1. The Morgan fingerprint density at radius 2 is 2.00 bits per heavy atom. The highest BCUT2D eigenvalue weighted by Gasteiger charge is 2.13. The normalized spacial score (nSPS) is 11.8. The molecule has 0 aliphatic carbocycles. The molecule has 0 saturated heterocycles. The van der Waals surface area contributed by atoms with Gasteiger partial charge in [-0.15, -0.1) is 11.8 Å². The van der Waals surface area contributed by atoms with Gasteiger partial charge in [-0.05, 0) is 61.7 Å². The minimum absolute atomic E-state index is 0.0561. The zero-order valence-corrected chi connectivity index (χ0v) is 15.5. The topological polar surface area (TPSA) is 38.3 Å². The number of carbonyl (C=O) groups excluding carboxylic acids is 1. The van der Waals surface area contributed by atoms with Crippen molar-refractivity contribution < 1.29 is 9.53 Å². The van der Waals surface area contributed by atoms with Gasteiger partial charge in [0, 0.05) is 16.5 Å². The van der Waals surface area contributed by atoms with E-state index in [1.807, 2.05) is 49.4 Å². The Balaban J connectivity index is 1.71. The average molecular weight is 364 g/mol. The lowest BCUT2D eigenvalue weighted by molar-refractivity contribution is -0.120. The number of halogens is 1. The van der Waals surface area contributed by atoms with E-state index in [2.05, 4.69) is 11.4 Å². The molecule has 0 bridgehead atoms. The van der Waals surface area contributed by atoms with E-state index in [4.69, 9.17) is 16.3 Å². The number of benzene rings is 2. The van der Waals surface area contributed by atoms with Gasteiger partial charge < -0.3 is 10.1 Å². The molecule has 1 atom stereocenters. The number of hydrogen-bond donors (Lipinski definition) is 1. The zero-order valence-electron chi connectivity index (χ0n) is 13.9. The summed E-state index contributed by atoms with van der Waals surface area (Å²) in [6.45, 7) is 2.58. The molecule has 0 aliphatic rings. The monoisotopic (exact) mass is 363 g/mol. The van der Waals surface area contributed by atoms with Crippen LogP contribution in [-0.2, 0) is 11.2 Å². The second-order valence-electron chi connectivity index (χ2n) is 5.46. The molecular weight excluding hydrogens is 342 g/mol. The van der Waals surface area contributed by atoms with Crippen LogP contribution >= 0.6 is 23.4 Å². The van der Waals surface area contributed by atoms with Crippen molar-refractivity contribution in [1.82, 2.24) is 5.32 Å². The minimum Gasteiger partial charge on any atom is -0.497 e. The first kappa shape index (κ1) is 18.7. The highest BCUT2D eigenvalue weighted by atomic mass is 35.5. The highest BCUT2D eigenvalue weighted by Crippen LogP contribution is 2.24. The molecule has 24 heavy (non-hydrogen) atoms. The molecule has 2 aromatic rings. The Labute approximate surface area is 152 Å². The summed E-state index contributed by atoms with van der Waals surface area (Å²) in [6, 6.07) is 15.5. The van der Waals surface area contributed by atoms with Crippen LogP contribution in [0.1, 0.15) is 18.9 Å². The van der Waals surface area contributed by atoms with Crippen molar-refractivity contribution in [2.45, 2.75) is 29.9 Å². The Morgan fingerprint density at radius 3 is 2.71 bits per heavy atom. The summed E-state index contributed by atoms with van der Waals surface area (Å²) in [5, 5.41) is 3.56. The van der Waals surface area contributed by atoms with Gasteiger partial charge in [0.25, 0.3) is 0 Å². The van der Waals surface area contributed by atoms with E-state index in [9.17, 15) is 4.79 Å². The number of aryl methyl sites for hydroxylation is 1. The van der Waals surface area contributed by atoms with Crippen LogP contribution in [0.4, 0.5) is 0 Å². The third kappa shape index (κ3) is 6.10. The standard InChI is InChI=1S/C19H22ClNO2S/c1-14(24-18-10-8-16(20)9-11-18)19(22)21-12-4-6-15-5-3-7-17(13-15)23-2/h3,5,7-11,13-14H,4,6,12H2,1-2H3,(H,21,22). The molecule has 128 valence electrons. The van der Waals surface area contributed by atoms with E-state index in [0.29, 0.717) is 11.6 Å². The minimum atomic E-state index is -0.136. The fourth-order valence-corrected chi connectivity index (χ4v) is 3.26. The molecule has 2 aromatic carbocycles. The second kappa shape index (κ2) is 9.60. The van der Waals surface area contributed by atoms with Crippen molar-refractivity contribution in [3.8, 4) is 5.75 Å². The SMILES string of the molecule is COc1cccc(CCCNC(=O)C(C)Sc2ccc(Cl)cc2)c1. The van der Waals surface area contributed by atoms with Gasteiger partial charge >= 0.3 is 0 Å². The summed E-state index contributed by atoms with van der Waals surface area (Å²) in [4.78, 5) is 13.2. The molecule has 1 unspecified atom stereocenters. The first-order valence-corrected chi connectivity index (χ1v) is 9.17. The summed E-state index contributed by atoms with van der Waals surface area (Å²) in [6.07, 6.45) is 1.81. The molecule has 5 heteroatoms. The summed E-state index contributed by atoms with van der Waals surface area (Å²) in [5.41, 5.74) is 1.21. The number of methoxy groups -OCH3 is 1. The smallest absolute Gasteiger partial charge is 0.233 e. The van der Waals surface area contributed by atoms with Gasteiger partial charge in [-0.2, -0.15) is 0 Å². The van der Waals surface area contributed by atoms with E-state index in [1.165, 1.54) is 17.3 Å². The van der Waals surface area contributed by atoms with Gasteiger partial charge in [0.15, 0.2) is 0 Å².